The van der Waals surface area contributed by atoms with Crippen LogP contribution in [0.5, 0.6) is 11.5 Å². The van der Waals surface area contributed by atoms with Crippen LogP contribution in [0.4, 0.5) is 0 Å². The van der Waals surface area contributed by atoms with Crippen LogP contribution in [0.1, 0.15) is 0 Å². The van der Waals surface area contributed by atoms with Crippen molar-refractivity contribution in [2.45, 2.75) is 9.79 Å². The molecule has 116 valence electrons. The molecule has 2 aromatic rings. The van der Waals surface area contributed by atoms with E-state index in [4.69, 9.17) is 20.9 Å². The molecular weight excluding hydrogens is 300 g/mol. The summed E-state index contributed by atoms with van der Waals surface area (Å²) in [5.74, 6) is 1.37. The van der Waals surface area contributed by atoms with Crippen molar-refractivity contribution in [3.8, 4) is 22.6 Å². The Morgan fingerprint density at radius 2 is 1.27 bits per heavy atom. The molecule has 0 atom stereocenters. The van der Waals surface area contributed by atoms with Crippen molar-refractivity contribution in [2.75, 3.05) is 26.3 Å². The van der Waals surface area contributed by atoms with Gasteiger partial charge in [0.1, 0.15) is 24.7 Å². The minimum Gasteiger partial charge on any atom is -0.492 e. The largest absolute Gasteiger partial charge is 0.492 e. The molecule has 0 spiro atoms. The van der Waals surface area contributed by atoms with E-state index < -0.39 is 10.8 Å². The van der Waals surface area contributed by atoms with Gasteiger partial charge < -0.3 is 20.9 Å². The third kappa shape index (κ3) is 2.72. The van der Waals surface area contributed by atoms with E-state index >= 15 is 0 Å². The van der Waals surface area contributed by atoms with E-state index in [-0.39, 0.29) is 0 Å². The van der Waals surface area contributed by atoms with Crippen LogP contribution in [0, 0.1) is 0 Å². The lowest BCUT2D eigenvalue weighted by Gasteiger charge is -2.06. The van der Waals surface area contributed by atoms with Crippen molar-refractivity contribution < 1.29 is 13.7 Å². The van der Waals surface area contributed by atoms with Crippen LogP contribution in [-0.2, 0) is 10.8 Å². The molecule has 0 saturated heterocycles. The molecule has 0 aromatic heterocycles. The average molecular weight is 318 g/mol. The summed E-state index contributed by atoms with van der Waals surface area (Å²) in [7, 11) is -1.23. The van der Waals surface area contributed by atoms with E-state index in [9.17, 15) is 4.21 Å². The fourth-order valence-corrected chi connectivity index (χ4v) is 3.85. The Kier molecular flexibility index (Phi) is 4.42. The Balaban J connectivity index is 1.93. The van der Waals surface area contributed by atoms with Crippen molar-refractivity contribution in [3.05, 3.63) is 36.4 Å². The van der Waals surface area contributed by atoms with Crippen molar-refractivity contribution in [1.29, 1.82) is 0 Å². The molecular formula is C16H18N2O3S. The fourth-order valence-electron chi connectivity index (χ4n) is 2.41. The first-order chi connectivity index (χ1) is 10.7. The molecule has 3 rings (SSSR count). The lowest BCUT2D eigenvalue weighted by atomic mass is 10.1. The van der Waals surface area contributed by atoms with Gasteiger partial charge in [-0.1, -0.05) is 0 Å². The van der Waals surface area contributed by atoms with E-state index in [0.29, 0.717) is 37.8 Å². The first kappa shape index (κ1) is 15.0. The number of fused-ring (bicyclic) bond motifs is 3. The van der Waals surface area contributed by atoms with E-state index in [1.165, 1.54) is 0 Å². The number of ether oxygens (including phenoxy) is 2. The molecule has 1 aliphatic heterocycles. The molecule has 1 heterocycles. The summed E-state index contributed by atoms with van der Waals surface area (Å²) >= 11 is 0. The molecule has 0 bridgehead atoms. The molecule has 6 heteroatoms. The molecule has 5 nitrogen and oxygen atoms in total. The van der Waals surface area contributed by atoms with E-state index in [1.54, 1.807) is 0 Å². The van der Waals surface area contributed by atoms with Crippen LogP contribution in [0.25, 0.3) is 11.1 Å². The molecule has 0 aliphatic carbocycles. The highest BCUT2D eigenvalue weighted by Gasteiger charge is 2.26. The van der Waals surface area contributed by atoms with Crippen molar-refractivity contribution in [1.82, 2.24) is 0 Å². The van der Waals surface area contributed by atoms with Crippen LogP contribution in [0.15, 0.2) is 46.2 Å². The van der Waals surface area contributed by atoms with E-state index in [0.717, 1.165) is 20.9 Å². The zero-order valence-electron chi connectivity index (χ0n) is 12.1. The third-order valence-corrected chi connectivity index (χ3v) is 4.84. The standard InChI is InChI=1S/C16H18N2O3S/c17-5-7-20-11-1-3-13-14-4-2-12(21-8-6-18)10-16(14)22(19)15(13)9-11/h1-4,9-10H,5-8,17-18H2. The van der Waals surface area contributed by atoms with Crippen LogP contribution in [-0.4, -0.2) is 30.5 Å². The monoisotopic (exact) mass is 318 g/mol. The number of rotatable bonds is 6. The van der Waals surface area contributed by atoms with Gasteiger partial charge in [0.05, 0.1) is 20.6 Å². The van der Waals surface area contributed by atoms with Crippen molar-refractivity contribution in [2.24, 2.45) is 11.5 Å². The summed E-state index contributed by atoms with van der Waals surface area (Å²) in [4.78, 5) is 1.53. The van der Waals surface area contributed by atoms with Gasteiger partial charge in [-0.2, -0.15) is 0 Å². The predicted molar refractivity (Wildman–Crippen MR) is 85.7 cm³/mol. The predicted octanol–water partition coefficient (Wildman–Crippen LogP) is 1.51. The maximum Gasteiger partial charge on any atom is 0.120 e. The number of hydrogen-bond donors (Lipinski definition) is 2. The van der Waals surface area contributed by atoms with Gasteiger partial charge in [-0.15, -0.1) is 0 Å². The molecule has 2 aromatic carbocycles. The topological polar surface area (TPSA) is 87.6 Å². The quantitative estimate of drug-likeness (QED) is 0.719. The fraction of sp³-hybridized carbons (Fsp3) is 0.250. The van der Waals surface area contributed by atoms with Gasteiger partial charge in [-0.05, 0) is 47.5 Å². The van der Waals surface area contributed by atoms with E-state index in [1.807, 2.05) is 36.4 Å². The van der Waals surface area contributed by atoms with Gasteiger partial charge in [0.2, 0.25) is 0 Å². The summed E-state index contributed by atoms with van der Waals surface area (Å²) in [5.41, 5.74) is 12.8. The van der Waals surface area contributed by atoms with Crippen molar-refractivity contribution in [3.63, 3.8) is 0 Å². The smallest absolute Gasteiger partial charge is 0.120 e. The SMILES string of the molecule is NCCOc1ccc2c(c1)S(=O)c1cc(OCCN)ccc1-2. The maximum absolute atomic E-state index is 12.7. The molecule has 22 heavy (non-hydrogen) atoms. The summed E-state index contributed by atoms with van der Waals surface area (Å²) in [6.45, 7) is 1.77. The van der Waals surface area contributed by atoms with Gasteiger partial charge >= 0.3 is 0 Å². The summed E-state index contributed by atoms with van der Waals surface area (Å²) in [5, 5.41) is 0. The molecule has 0 radical (unpaired) electrons. The van der Waals surface area contributed by atoms with Crippen molar-refractivity contribution >= 4 is 10.8 Å². The summed E-state index contributed by atoms with van der Waals surface area (Å²) < 4.78 is 23.7. The molecule has 0 unspecified atom stereocenters. The zero-order valence-corrected chi connectivity index (χ0v) is 12.9. The Bertz CT molecular complexity index is 659. The highest BCUT2D eigenvalue weighted by molar-refractivity contribution is 7.85. The minimum absolute atomic E-state index is 0.440. The summed E-state index contributed by atoms with van der Waals surface area (Å²) in [6, 6.07) is 11.3. The number of hydrogen-bond acceptors (Lipinski definition) is 5. The van der Waals surface area contributed by atoms with Gasteiger partial charge in [0.15, 0.2) is 0 Å². The molecule has 1 aliphatic rings. The van der Waals surface area contributed by atoms with E-state index in [2.05, 4.69) is 0 Å². The highest BCUT2D eigenvalue weighted by atomic mass is 32.2. The minimum atomic E-state index is -1.23. The van der Waals surface area contributed by atoms with Gasteiger partial charge in [-0.25, -0.2) is 4.21 Å². The molecule has 4 N–H and O–H groups in total. The summed E-state index contributed by atoms with van der Waals surface area (Å²) in [6.07, 6.45) is 0. The Morgan fingerprint density at radius 3 is 1.68 bits per heavy atom. The Labute approximate surface area is 131 Å². The van der Waals surface area contributed by atoms with Crippen LogP contribution < -0.4 is 20.9 Å². The van der Waals surface area contributed by atoms with Gasteiger partial charge in [-0.3, -0.25) is 0 Å². The first-order valence-corrected chi connectivity index (χ1v) is 8.25. The second kappa shape index (κ2) is 6.48. The van der Waals surface area contributed by atoms with Crippen LogP contribution >= 0.6 is 0 Å². The maximum atomic E-state index is 12.7. The normalized spacial score (nSPS) is 12.8. The first-order valence-electron chi connectivity index (χ1n) is 7.10. The van der Waals surface area contributed by atoms with Gasteiger partial charge in [0, 0.05) is 13.1 Å². The number of nitrogens with two attached hydrogens (primary N) is 2. The zero-order chi connectivity index (χ0) is 15.5. The second-order valence-corrected chi connectivity index (χ2v) is 6.28. The second-order valence-electron chi connectivity index (χ2n) is 4.86. The molecule has 0 amide bonds. The van der Waals surface area contributed by atoms with Crippen LogP contribution in [0.3, 0.4) is 0 Å². The molecule has 0 saturated carbocycles. The Morgan fingerprint density at radius 1 is 0.818 bits per heavy atom. The highest BCUT2D eigenvalue weighted by Crippen LogP contribution is 2.43. The number of benzene rings is 2. The Hall–Kier alpha value is -1.89. The lowest BCUT2D eigenvalue weighted by molar-refractivity contribution is 0.327. The van der Waals surface area contributed by atoms with Gasteiger partial charge in [0.25, 0.3) is 0 Å². The molecule has 0 fully saturated rings. The average Bonchev–Trinajstić information content (AvgIpc) is 2.83. The lowest BCUT2D eigenvalue weighted by Crippen LogP contribution is -2.10. The third-order valence-electron chi connectivity index (χ3n) is 3.37. The van der Waals surface area contributed by atoms with Crippen LogP contribution in [0.2, 0.25) is 0 Å².